The van der Waals surface area contributed by atoms with Crippen molar-refractivity contribution in [3.8, 4) is 5.69 Å². The van der Waals surface area contributed by atoms with Crippen LogP contribution in [0.1, 0.15) is 53.6 Å². The minimum atomic E-state index is -0.967. The Morgan fingerprint density at radius 1 is 1.02 bits per heavy atom. The van der Waals surface area contributed by atoms with E-state index in [9.17, 15) is 9.90 Å². The molecule has 2 aliphatic rings. The van der Waals surface area contributed by atoms with Crippen LogP contribution in [-0.2, 0) is 0 Å². The van der Waals surface area contributed by atoms with Crippen LogP contribution in [0.4, 0.5) is 11.4 Å². The summed E-state index contributed by atoms with van der Waals surface area (Å²) >= 11 is 12.8. The van der Waals surface area contributed by atoms with Gasteiger partial charge in [-0.05, 0) is 91.6 Å². The van der Waals surface area contributed by atoms with Gasteiger partial charge in [-0.2, -0.15) is 0 Å². The van der Waals surface area contributed by atoms with Crippen LogP contribution in [0.3, 0.4) is 0 Å². The van der Waals surface area contributed by atoms with Crippen molar-refractivity contribution < 1.29 is 9.90 Å². The topological polar surface area (TPSA) is 73.6 Å². The third kappa shape index (κ3) is 4.93. The highest BCUT2D eigenvalue weighted by Crippen LogP contribution is 2.44. The lowest BCUT2D eigenvalue weighted by Crippen LogP contribution is -2.33. The van der Waals surface area contributed by atoms with Crippen molar-refractivity contribution in [3.63, 3.8) is 0 Å². The first kappa shape index (κ1) is 26.3. The molecule has 0 bridgehead atoms. The van der Waals surface area contributed by atoms with Gasteiger partial charge in [0, 0.05) is 42.6 Å². The zero-order chi connectivity index (χ0) is 27.8. The number of aromatic nitrogens is 2. The SMILES string of the molecule is CC1CCN(c2ccc(N3C(=S)N[C@@H](c4ccccn4)[C@@H]3c3cccn3-c3cccc(C(=O)O)c3)cc2Cl)CC1. The summed E-state index contributed by atoms with van der Waals surface area (Å²) in [7, 11) is 0. The molecule has 2 N–H and O–H groups in total. The Labute approximate surface area is 244 Å². The van der Waals surface area contributed by atoms with Crippen molar-refractivity contribution in [1.82, 2.24) is 14.9 Å². The summed E-state index contributed by atoms with van der Waals surface area (Å²) < 4.78 is 2.01. The first-order valence-electron chi connectivity index (χ1n) is 13.5. The Morgan fingerprint density at radius 2 is 1.85 bits per heavy atom. The average Bonchev–Trinajstić information content (AvgIpc) is 3.58. The minimum Gasteiger partial charge on any atom is -0.478 e. The largest absolute Gasteiger partial charge is 0.478 e. The number of anilines is 2. The predicted octanol–water partition coefficient (Wildman–Crippen LogP) is 6.64. The highest BCUT2D eigenvalue weighted by molar-refractivity contribution is 7.80. The molecule has 2 aromatic heterocycles. The van der Waals surface area contributed by atoms with E-state index in [1.165, 1.54) is 0 Å². The second-order valence-electron chi connectivity index (χ2n) is 10.5. The lowest BCUT2D eigenvalue weighted by atomic mass is 9.98. The molecule has 0 amide bonds. The van der Waals surface area contributed by atoms with Gasteiger partial charge in [0.05, 0.1) is 28.0 Å². The van der Waals surface area contributed by atoms with E-state index in [2.05, 4.69) is 39.2 Å². The molecule has 6 rings (SSSR count). The fraction of sp³-hybridized carbons (Fsp3) is 0.258. The van der Waals surface area contributed by atoms with E-state index in [0.29, 0.717) is 10.1 Å². The lowest BCUT2D eigenvalue weighted by Gasteiger charge is -2.33. The number of pyridine rings is 1. The van der Waals surface area contributed by atoms with E-state index in [1.54, 1.807) is 24.4 Å². The van der Waals surface area contributed by atoms with Crippen molar-refractivity contribution >= 4 is 46.3 Å². The molecule has 0 unspecified atom stereocenters. The Balaban J connectivity index is 1.43. The van der Waals surface area contributed by atoms with Gasteiger partial charge in [0.2, 0.25) is 0 Å². The Bertz CT molecular complexity index is 1550. The maximum Gasteiger partial charge on any atom is 0.335 e. The van der Waals surface area contributed by atoms with Crippen molar-refractivity contribution in [2.75, 3.05) is 22.9 Å². The molecule has 0 saturated carbocycles. The summed E-state index contributed by atoms with van der Waals surface area (Å²) in [4.78, 5) is 20.8. The number of aromatic carboxylic acids is 1. The quantitative estimate of drug-likeness (QED) is 0.251. The molecule has 0 spiro atoms. The Morgan fingerprint density at radius 3 is 2.58 bits per heavy atom. The molecule has 0 aliphatic carbocycles. The lowest BCUT2D eigenvalue weighted by molar-refractivity contribution is 0.0697. The zero-order valence-electron chi connectivity index (χ0n) is 22.1. The highest BCUT2D eigenvalue weighted by Gasteiger charge is 2.42. The second kappa shape index (κ2) is 10.9. The number of hydrogen-bond acceptors (Lipinski definition) is 4. The zero-order valence-corrected chi connectivity index (χ0v) is 23.6. The maximum absolute atomic E-state index is 11.7. The number of carboxylic acid groups (broad SMARTS) is 1. The van der Waals surface area contributed by atoms with Gasteiger partial charge in [0.1, 0.15) is 6.04 Å². The summed E-state index contributed by atoms with van der Waals surface area (Å²) in [5.41, 5.74) is 4.70. The normalized spacial score (nSPS) is 19.6. The van der Waals surface area contributed by atoms with Gasteiger partial charge < -0.3 is 24.8 Å². The molecule has 2 fully saturated rings. The highest BCUT2D eigenvalue weighted by atomic mass is 35.5. The molecule has 2 atom stereocenters. The summed E-state index contributed by atoms with van der Waals surface area (Å²) in [6.07, 6.45) is 6.04. The molecular formula is C31H30ClN5O2S. The van der Waals surface area contributed by atoms with Crippen molar-refractivity contribution in [3.05, 3.63) is 107 Å². The predicted molar refractivity (Wildman–Crippen MR) is 163 cm³/mol. The Kier molecular flexibility index (Phi) is 7.21. The van der Waals surface area contributed by atoms with E-state index in [4.69, 9.17) is 23.8 Å². The monoisotopic (exact) mass is 571 g/mol. The number of carbonyl (C=O) groups is 1. The smallest absolute Gasteiger partial charge is 0.335 e. The Hall–Kier alpha value is -3.88. The van der Waals surface area contributed by atoms with Crippen LogP contribution in [-0.4, -0.2) is 38.8 Å². The first-order valence-corrected chi connectivity index (χ1v) is 14.3. The van der Waals surface area contributed by atoms with Crippen LogP contribution in [0.25, 0.3) is 5.69 Å². The number of nitrogens with zero attached hydrogens (tertiary/aromatic N) is 4. The fourth-order valence-electron chi connectivity index (χ4n) is 5.74. The van der Waals surface area contributed by atoms with Crippen LogP contribution in [0, 0.1) is 5.92 Å². The molecular weight excluding hydrogens is 542 g/mol. The van der Waals surface area contributed by atoms with Gasteiger partial charge in [0.25, 0.3) is 0 Å². The summed E-state index contributed by atoms with van der Waals surface area (Å²) in [5, 5.41) is 14.4. The number of hydrogen-bond donors (Lipinski definition) is 2. The van der Waals surface area contributed by atoms with Gasteiger partial charge in [0.15, 0.2) is 5.11 Å². The molecule has 4 heterocycles. The van der Waals surface area contributed by atoms with Crippen LogP contribution in [0.5, 0.6) is 0 Å². The molecule has 204 valence electrons. The van der Waals surface area contributed by atoms with Crippen LogP contribution in [0.15, 0.2) is 85.2 Å². The van der Waals surface area contributed by atoms with Crippen LogP contribution in [0.2, 0.25) is 5.02 Å². The molecule has 0 radical (unpaired) electrons. The van der Waals surface area contributed by atoms with Gasteiger partial charge in [-0.1, -0.05) is 30.7 Å². The third-order valence-electron chi connectivity index (χ3n) is 7.89. The number of piperidine rings is 1. The number of benzene rings is 2. The van der Waals surface area contributed by atoms with Gasteiger partial charge in [-0.15, -0.1) is 0 Å². The molecule has 2 saturated heterocycles. The third-order valence-corrected chi connectivity index (χ3v) is 8.50. The van der Waals surface area contributed by atoms with Crippen molar-refractivity contribution in [2.24, 2.45) is 5.92 Å². The summed E-state index contributed by atoms with van der Waals surface area (Å²) in [6, 6.07) is 22.4. The standard InChI is InChI=1S/C31H30ClN5O2S/c1-20-12-16-35(17-13-20)26-11-10-23(19-24(26)32)37-29(28(34-31(37)40)25-8-2-3-14-33-25)27-9-5-15-36(27)22-7-4-6-21(18-22)30(38)39/h2-11,14-15,18-20,28-29H,12-13,16-17H2,1H3,(H,34,40)(H,38,39)/t28-,29-/m0/s1. The molecule has 4 aromatic rings. The van der Waals surface area contributed by atoms with Crippen LogP contribution < -0.4 is 15.1 Å². The van der Waals surface area contributed by atoms with E-state index in [0.717, 1.165) is 60.3 Å². The van der Waals surface area contributed by atoms with Crippen molar-refractivity contribution in [1.29, 1.82) is 0 Å². The fourth-order valence-corrected chi connectivity index (χ4v) is 6.38. The van der Waals surface area contributed by atoms with E-state index in [1.807, 2.05) is 53.2 Å². The summed E-state index contributed by atoms with van der Waals surface area (Å²) in [6.45, 7) is 4.30. The minimum absolute atomic E-state index is 0.227. The van der Waals surface area contributed by atoms with Gasteiger partial charge in [-0.3, -0.25) is 4.98 Å². The molecule has 7 nitrogen and oxygen atoms in total. The maximum atomic E-state index is 11.7. The van der Waals surface area contributed by atoms with Gasteiger partial charge >= 0.3 is 5.97 Å². The van der Waals surface area contributed by atoms with E-state index < -0.39 is 5.97 Å². The molecule has 9 heteroatoms. The van der Waals surface area contributed by atoms with Crippen LogP contribution >= 0.6 is 23.8 Å². The summed E-state index contributed by atoms with van der Waals surface area (Å²) in [5.74, 6) is -0.232. The molecule has 2 aromatic carbocycles. The van der Waals surface area contributed by atoms with E-state index >= 15 is 0 Å². The number of halogens is 1. The first-order chi connectivity index (χ1) is 19.4. The molecule has 40 heavy (non-hydrogen) atoms. The van der Waals surface area contributed by atoms with E-state index in [-0.39, 0.29) is 17.6 Å². The number of nitrogens with one attached hydrogen (secondary N) is 1. The second-order valence-corrected chi connectivity index (χ2v) is 11.3. The average molecular weight is 572 g/mol. The number of carboxylic acids is 1. The number of thiocarbonyl (C=S) groups is 1. The molecule has 2 aliphatic heterocycles. The number of rotatable bonds is 6. The van der Waals surface area contributed by atoms with Gasteiger partial charge in [-0.25, -0.2) is 4.79 Å². The van der Waals surface area contributed by atoms with Crippen molar-refractivity contribution in [2.45, 2.75) is 31.8 Å².